The second-order valence-electron chi connectivity index (χ2n) is 7.64. The molecule has 1 aliphatic heterocycles. The van der Waals surface area contributed by atoms with Crippen molar-refractivity contribution in [2.75, 3.05) is 12.0 Å². The summed E-state index contributed by atoms with van der Waals surface area (Å²) < 4.78 is 24.5. The van der Waals surface area contributed by atoms with Crippen LogP contribution in [0.3, 0.4) is 0 Å². The topological polar surface area (TPSA) is 62.2 Å². The van der Waals surface area contributed by atoms with Crippen molar-refractivity contribution in [3.05, 3.63) is 89.7 Å². The van der Waals surface area contributed by atoms with Crippen molar-refractivity contribution >= 4 is 23.1 Å². The molecule has 5 nitrogen and oxygen atoms in total. The molecule has 0 saturated carbocycles. The molecule has 3 aromatic carbocycles. The number of hydrogen-bond donors (Lipinski definition) is 2. The van der Waals surface area contributed by atoms with Crippen LogP contribution in [0.1, 0.15) is 36.1 Å². The maximum Gasteiger partial charge on any atom is 0.264 e. The van der Waals surface area contributed by atoms with E-state index in [-0.39, 0.29) is 11.6 Å². The van der Waals surface area contributed by atoms with E-state index in [0.29, 0.717) is 34.9 Å². The van der Waals surface area contributed by atoms with Crippen molar-refractivity contribution in [2.45, 2.75) is 31.1 Å². The van der Waals surface area contributed by atoms with Crippen LogP contribution in [-0.4, -0.2) is 28.6 Å². The van der Waals surface area contributed by atoms with Crippen LogP contribution in [0.5, 0.6) is 11.5 Å². The average molecular weight is 454 g/mol. The summed E-state index contributed by atoms with van der Waals surface area (Å²) in [6.07, 6.45) is -0.326. The molecule has 1 saturated heterocycles. The molecule has 0 amide bonds. The molecule has 3 aromatic rings. The lowest BCUT2D eigenvalue weighted by Gasteiger charge is -2.27. The SMILES string of the molecule is COc1ccc([C@@H]2[C@@H](CCC(O)c3ccc(F)cc3)OC(=S)N2c2ccccc2)c(O)c1. The number of ether oxygens (including phenoxy) is 2. The molecular formula is C25H24FNO4S. The number of aliphatic hydroxyl groups is 1. The van der Waals surface area contributed by atoms with Gasteiger partial charge >= 0.3 is 0 Å². The van der Waals surface area contributed by atoms with Gasteiger partial charge in [0.05, 0.1) is 13.2 Å². The predicted molar refractivity (Wildman–Crippen MR) is 124 cm³/mol. The summed E-state index contributed by atoms with van der Waals surface area (Å²) >= 11 is 5.55. The van der Waals surface area contributed by atoms with E-state index >= 15 is 0 Å². The zero-order valence-corrected chi connectivity index (χ0v) is 18.3. The first kappa shape index (κ1) is 22.0. The molecule has 0 aliphatic carbocycles. The van der Waals surface area contributed by atoms with E-state index in [4.69, 9.17) is 21.7 Å². The smallest absolute Gasteiger partial charge is 0.264 e. The molecule has 1 fully saturated rings. The van der Waals surface area contributed by atoms with Gasteiger partial charge in [-0.05, 0) is 67.0 Å². The highest BCUT2D eigenvalue weighted by atomic mass is 32.1. The highest BCUT2D eigenvalue weighted by Gasteiger charge is 2.42. The fraction of sp³-hybridized carbons (Fsp3) is 0.240. The molecule has 3 atom stereocenters. The molecular weight excluding hydrogens is 429 g/mol. The van der Waals surface area contributed by atoms with E-state index in [1.807, 2.05) is 35.2 Å². The van der Waals surface area contributed by atoms with E-state index in [1.54, 1.807) is 30.3 Å². The highest BCUT2D eigenvalue weighted by Crippen LogP contribution is 2.43. The summed E-state index contributed by atoms with van der Waals surface area (Å²) in [6, 6.07) is 20.2. The van der Waals surface area contributed by atoms with Gasteiger partial charge in [-0.2, -0.15) is 0 Å². The normalized spacial score (nSPS) is 19.0. The van der Waals surface area contributed by atoms with Gasteiger partial charge in [-0.3, -0.25) is 4.90 Å². The number of methoxy groups -OCH3 is 1. The van der Waals surface area contributed by atoms with Crippen molar-refractivity contribution in [2.24, 2.45) is 0 Å². The second-order valence-corrected chi connectivity index (χ2v) is 7.99. The van der Waals surface area contributed by atoms with E-state index in [1.165, 1.54) is 19.2 Å². The molecule has 2 N–H and O–H groups in total. The van der Waals surface area contributed by atoms with E-state index in [2.05, 4.69) is 0 Å². The second kappa shape index (κ2) is 9.54. The lowest BCUT2D eigenvalue weighted by atomic mass is 9.94. The minimum Gasteiger partial charge on any atom is -0.507 e. The molecule has 1 unspecified atom stereocenters. The summed E-state index contributed by atoms with van der Waals surface area (Å²) in [5.74, 6) is 0.272. The first-order valence-electron chi connectivity index (χ1n) is 10.3. The van der Waals surface area contributed by atoms with E-state index in [0.717, 1.165) is 5.69 Å². The van der Waals surface area contributed by atoms with Crippen LogP contribution in [0, 0.1) is 5.82 Å². The fourth-order valence-electron chi connectivity index (χ4n) is 4.02. The number of aliphatic hydroxyl groups excluding tert-OH is 1. The summed E-state index contributed by atoms with van der Waals surface area (Å²) in [4.78, 5) is 1.88. The van der Waals surface area contributed by atoms with E-state index in [9.17, 15) is 14.6 Å². The largest absolute Gasteiger partial charge is 0.507 e. The third kappa shape index (κ3) is 4.54. The average Bonchev–Trinajstić information content (AvgIpc) is 3.14. The Hall–Kier alpha value is -3.16. The Morgan fingerprint density at radius 2 is 1.81 bits per heavy atom. The quantitative estimate of drug-likeness (QED) is 0.475. The Morgan fingerprint density at radius 1 is 1.09 bits per heavy atom. The van der Waals surface area contributed by atoms with Gasteiger partial charge < -0.3 is 19.7 Å². The molecule has 1 heterocycles. The Balaban J connectivity index is 1.63. The van der Waals surface area contributed by atoms with Gasteiger partial charge in [0.1, 0.15) is 29.5 Å². The van der Waals surface area contributed by atoms with Crippen molar-refractivity contribution in [3.8, 4) is 11.5 Å². The number of halogens is 1. The molecule has 0 spiro atoms. The standard InChI is InChI=1S/C25H24FNO4S/c1-30-19-11-12-20(22(29)15-19)24-23(14-13-21(28)16-7-9-17(26)10-8-16)31-25(32)27(24)18-5-3-2-4-6-18/h2-12,15,21,23-24,28-29H,13-14H2,1H3/t21?,23-,24-/m1/s1. The number of nitrogens with zero attached hydrogens (tertiary/aromatic N) is 1. The minimum atomic E-state index is -0.774. The van der Waals surface area contributed by atoms with Crippen LogP contribution < -0.4 is 9.64 Å². The summed E-state index contributed by atoms with van der Waals surface area (Å²) in [7, 11) is 1.54. The minimum absolute atomic E-state index is 0.0765. The van der Waals surface area contributed by atoms with Crippen LogP contribution in [0.25, 0.3) is 0 Å². The maximum absolute atomic E-state index is 13.2. The number of thiocarbonyl (C=S) groups is 1. The van der Waals surface area contributed by atoms with E-state index < -0.39 is 18.2 Å². The highest BCUT2D eigenvalue weighted by molar-refractivity contribution is 7.80. The van der Waals surface area contributed by atoms with Gasteiger partial charge in [-0.25, -0.2) is 4.39 Å². The van der Waals surface area contributed by atoms with Crippen LogP contribution in [0.15, 0.2) is 72.8 Å². The maximum atomic E-state index is 13.2. The number of phenols is 1. The molecule has 1 aliphatic rings. The van der Waals surface area contributed by atoms with Gasteiger partial charge in [0, 0.05) is 17.3 Å². The number of aromatic hydroxyl groups is 1. The third-order valence-electron chi connectivity index (χ3n) is 5.65. The zero-order chi connectivity index (χ0) is 22.7. The fourth-order valence-corrected chi connectivity index (χ4v) is 4.36. The van der Waals surface area contributed by atoms with Crippen LogP contribution in [0.4, 0.5) is 10.1 Å². The van der Waals surface area contributed by atoms with Gasteiger partial charge in [-0.1, -0.05) is 30.3 Å². The molecule has 0 aromatic heterocycles. The Labute approximate surface area is 191 Å². The lowest BCUT2D eigenvalue weighted by molar-refractivity contribution is 0.126. The third-order valence-corrected chi connectivity index (χ3v) is 5.94. The van der Waals surface area contributed by atoms with Gasteiger partial charge in [-0.15, -0.1) is 0 Å². The molecule has 32 heavy (non-hydrogen) atoms. The van der Waals surface area contributed by atoms with Gasteiger partial charge in [0.2, 0.25) is 0 Å². The van der Waals surface area contributed by atoms with Crippen molar-refractivity contribution < 1.29 is 24.1 Å². The number of rotatable bonds is 7. The van der Waals surface area contributed by atoms with Crippen LogP contribution >= 0.6 is 12.2 Å². The number of hydrogen-bond acceptors (Lipinski definition) is 5. The first-order valence-corrected chi connectivity index (χ1v) is 10.7. The molecule has 0 radical (unpaired) electrons. The zero-order valence-electron chi connectivity index (χ0n) is 17.5. The number of para-hydroxylation sites is 1. The summed E-state index contributed by atoms with van der Waals surface area (Å²) in [5, 5.41) is 21.7. The molecule has 7 heteroatoms. The lowest BCUT2D eigenvalue weighted by Crippen LogP contribution is -2.29. The molecule has 0 bridgehead atoms. The van der Waals surface area contributed by atoms with Crippen molar-refractivity contribution in [3.63, 3.8) is 0 Å². The van der Waals surface area contributed by atoms with Crippen LogP contribution in [0.2, 0.25) is 0 Å². The molecule has 166 valence electrons. The first-order chi connectivity index (χ1) is 15.5. The Bertz CT molecular complexity index is 1080. The van der Waals surface area contributed by atoms with Crippen molar-refractivity contribution in [1.29, 1.82) is 0 Å². The van der Waals surface area contributed by atoms with Crippen LogP contribution in [-0.2, 0) is 4.74 Å². The number of anilines is 1. The Morgan fingerprint density at radius 3 is 2.47 bits per heavy atom. The predicted octanol–water partition coefficient (Wildman–Crippen LogP) is 5.29. The molecule has 4 rings (SSSR count). The Kier molecular flexibility index (Phi) is 6.58. The van der Waals surface area contributed by atoms with Crippen molar-refractivity contribution in [1.82, 2.24) is 0 Å². The number of phenolic OH excluding ortho intramolecular Hbond substituents is 1. The van der Waals surface area contributed by atoms with Gasteiger partial charge in [0.25, 0.3) is 5.17 Å². The summed E-state index contributed by atoms with van der Waals surface area (Å²) in [5.41, 5.74) is 2.13. The van der Waals surface area contributed by atoms with Gasteiger partial charge in [0.15, 0.2) is 0 Å². The summed E-state index contributed by atoms with van der Waals surface area (Å²) in [6.45, 7) is 0. The number of benzene rings is 3. The monoisotopic (exact) mass is 453 g/mol.